The monoisotopic (exact) mass is 394 g/mol. The molecule has 2 aromatic carbocycles. The van der Waals surface area contributed by atoms with Crippen LogP contribution in [0.2, 0.25) is 0 Å². The first-order valence-electron chi connectivity index (χ1n) is 9.59. The average molecular weight is 394 g/mol. The third-order valence-electron chi connectivity index (χ3n) is 6.14. The number of phenols is 2. The first-order chi connectivity index (χ1) is 13.5. The lowest BCUT2D eigenvalue weighted by Crippen LogP contribution is -2.29. The summed E-state index contributed by atoms with van der Waals surface area (Å²) in [5.41, 5.74) is -0.107. The van der Waals surface area contributed by atoms with Crippen LogP contribution in [0.15, 0.2) is 27.4 Å². The second kappa shape index (κ2) is 5.26. The van der Waals surface area contributed by atoms with Gasteiger partial charge in [0.15, 0.2) is 11.3 Å². The van der Waals surface area contributed by atoms with Gasteiger partial charge >= 0.3 is 0 Å². The van der Waals surface area contributed by atoms with Crippen LogP contribution in [0.5, 0.6) is 23.0 Å². The van der Waals surface area contributed by atoms with E-state index in [-0.39, 0.29) is 45.3 Å². The molecule has 0 amide bonds. The maximum Gasteiger partial charge on any atom is 0.204 e. The highest BCUT2D eigenvalue weighted by atomic mass is 16.5. The minimum atomic E-state index is -0.593. The third kappa shape index (κ3) is 2.26. The van der Waals surface area contributed by atoms with Crippen LogP contribution in [0, 0.1) is 0 Å². The lowest BCUT2D eigenvalue weighted by Gasteiger charge is -2.28. The molecule has 3 aromatic rings. The van der Waals surface area contributed by atoms with Gasteiger partial charge < -0.3 is 24.1 Å². The maximum atomic E-state index is 13.3. The zero-order valence-electron chi connectivity index (χ0n) is 16.9. The molecule has 0 unspecified atom stereocenters. The van der Waals surface area contributed by atoms with Crippen LogP contribution >= 0.6 is 0 Å². The normalized spacial score (nSPS) is 20.9. The number of benzene rings is 2. The van der Waals surface area contributed by atoms with Crippen LogP contribution < -0.4 is 14.9 Å². The highest BCUT2D eigenvalue weighted by Crippen LogP contribution is 2.51. The molecule has 150 valence electrons. The molecule has 6 nitrogen and oxygen atoms in total. The predicted octanol–water partition coefficient (Wildman–Crippen LogP) is 4.60. The fourth-order valence-electron chi connectivity index (χ4n) is 4.17. The maximum absolute atomic E-state index is 13.3. The van der Waals surface area contributed by atoms with Crippen molar-refractivity contribution in [3.63, 3.8) is 0 Å². The van der Waals surface area contributed by atoms with Crippen molar-refractivity contribution in [2.24, 2.45) is 0 Å². The molecule has 0 aliphatic carbocycles. The standard InChI is InChI=1S/C23H22O6/c1-10-23(4,5)16-14(27-10)9-13-15(18(16)25)17(24)12-8-11-6-7-22(2,3)29-20(11)19(26)21(12)28-13/h6-10,25-26H,1-5H3/t10-/m0/s1. The van der Waals surface area contributed by atoms with E-state index >= 15 is 0 Å². The largest absolute Gasteiger partial charge is 0.507 e. The molecule has 0 fully saturated rings. The van der Waals surface area contributed by atoms with Gasteiger partial charge in [0.2, 0.25) is 11.2 Å². The number of ether oxygens (including phenoxy) is 2. The predicted molar refractivity (Wildman–Crippen MR) is 110 cm³/mol. The van der Waals surface area contributed by atoms with Crippen molar-refractivity contribution in [1.29, 1.82) is 0 Å². The van der Waals surface area contributed by atoms with Crippen molar-refractivity contribution in [3.05, 3.63) is 39.6 Å². The van der Waals surface area contributed by atoms with Crippen LogP contribution in [-0.4, -0.2) is 21.9 Å². The summed E-state index contributed by atoms with van der Waals surface area (Å²) in [6, 6.07) is 3.23. The Morgan fingerprint density at radius 3 is 2.52 bits per heavy atom. The quantitative estimate of drug-likeness (QED) is 0.542. The zero-order valence-corrected chi connectivity index (χ0v) is 16.9. The Labute approximate surface area is 167 Å². The summed E-state index contributed by atoms with van der Waals surface area (Å²) in [6.07, 6.45) is 3.49. The SMILES string of the molecule is C[C@@H]1Oc2cc3oc4c(O)c5c(cc4c(=O)c3c(O)c2C1(C)C)C=CC(C)(C)O5. The van der Waals surface area contributed by atoms with E-state index in [2.05, 4.69) is 0 Å². The fraction of sp³-hybridized carbons (Fsp3) is 0.348. The van der Waals surface area contributed by atoms with Gasteiger partial charge in [-0.1, -0.05) is 19.9 Å². The molecule has 2 aliphatic rings. The van der Waals surface area contributed by atoms with E-state index in [9.17, 15) is 15.0 Å². The number of fused-ring (bicyclic) bond motifs is 4. The first-order valence-corrected chi connectivity index (χ1v) is 9.59. The summed E-state index contributed by atoms with van der Waals surface area (Å²) in [4.78, 5) is 13.3. The summed E-state index contributed by atoms with van der Waals surface area (Å²) in [6.45, 7) is 9.58. The molecular weight excluding hydrogens is 372 g/mol. The van der Waals surface area contributed by atoms with E-state index in [0.717, 1.165) is 0 Å². The van der Waals surface area contributed by atoms with Gasteiger partial charge in [0.25, 0.3) is 0 Å². The van der Waals surface area contributed by atoms with Gasteiger partial charge in [-0.25, -0.2) is 0 Å². The molecular formula is C23H22O6. The molecule has 1 atom stereocenters. The molecule has 2 aliphatic heterocycles. The Morgan fingerprint density at radius 1 is 1.07 bits per heavy atom. The number of hydrogen-bond donors (Lipinski definition) is 2. The van der Waals surface area contributed by atoms with Crippen molar-refractivity contribution in [2.45, 2.75) is 51.7 Å². The Bertz CT molecular complexity index is 1310. The highest BCUT2D eigenvalue weighted by Gasteiger charge is 2.42. The molecule has 1 aromatic heterocycles. The molecule has 0 radical (unpaired) electrons. The summed E-state index contributed by atoms with van der Waals surface area (Å²) in [7, 11) is 0. The van der Waals surface area contributed by atoms with E-state index in [1.165, 1.54) is 0 Å². The highest BCUT2D eigenvalue weighted by molar-refractivity contribution is 5.99. The summed E-state index contributed by atoms with van der Waals surface area (Å²) < 4.78 is 17.7. The van der Waals surface area contributed by atoms with E-state index in [1.54, 1.807) is 12.1 Å². The van der Waals surface area contributed by atoms with Gasteiger partial charge in [0, 0.05) is 22.6 Å². The number of rotatable bonds is 0. The second-order valence-corrected chi connectivity index (χ2v) is 8.94. The Hall–Kier alpha value is -3.15. The molecule has 0 bridgehead atoms. The molecule has 0 spiro atoms. The van der Waals surface area contributed by atoms with Crippen molar-refractivity contribution in [1.82, 2.24) is 0 Å². The smallest absolute Gasteiger partial charge is 0.204 e. The van der Waals surface area contributed by atoms with Crippen LogP contribution in [0.1, 0.15) is 45.7 Å². The van der Waals surface area contributed by atoms with Gasteiger partial charge in [-0.3, -0.25) is 4.79 Å². The molecule has 6 heteroatoms. The summed E-state index contributed by atoms with van der Waals surface area (Å²) in [5.74, 6) is 0.382. The first kappa shape index (κ1) is 17.9. The Morgan fingerprint density at radius 2 is 1.79 bits per heavy atom. The van der Waals surface area contributed by atoms with Crippen molar-refractivity contribution in [2.75, 3.05) is 0 Å². The second-order valence-electron chi connectivity index (χ2n) is 8.94. The molecule has 5 rings (SSSR count). The van der Waals surface area contributed by atoms with Gasteiger partial charge in [-0.2, -0.15) is 0 Å². The minimum Gasteiger partial charge on any atom is -0.507 e. The van der Waals surface area contributed by atoms with Gasteiger partial charge in [-0.15, -0.1) is 0 Å². The van der Waals surface area contributed by atoms with E-state index in [0.29, 0.717) is 16.9 Å². The van der Waals surface area contributed by atoms with Crippen LogP contribution in [-0.2, 0) is 5.41 Å². The summed E-state index contributed by atoms with van der Waals surface area (Å²) in [5, 5.41) is 22.1. The van der Waals surface area contributed by atoms with Crippen molar-refractivity contribution in [3.8, 4) is 23.0 Å². The van der Waals surface area contributed by atoms with Gasteiger partial charge in [0.1, 0.15) is 34.2 Å². The minimum absolute atomic E-state index is 0.0250. The van der Waals surface area contributed by atoms with Gasteiger partial charge in [0.05, 0.1) is 5.39 Å². The molecule has 0 saturated heterocycles. The Kier molecular flexibility index (Phi) is 3.25. The lowest BCUT2D eigenvalue weighted by molar-refractivity contribution is 0.153. The van der Waals surface area contributed by atoms with Crippen LogP contribution in [0.3, 0.4) is 0 Å². The topological polar surface area (TPSA) is 89.1 Å². The van der Waals surface area contributed by atoms with E-state index in [4.69, 9.17) is 13.9 Å². The summed E-state index contributed by atoms with van der Waals surface area (Å²) >= 11 is 0. The van der Waals surface area contributed by atoms with Crippen molar-refractivity contribution < 1.29 is 24.1 Å². The lowest BCUT2D eigenvalue weighted by atomic mass is 9.80. The number of phenolic OH excluding ortho intramolecular Hbond substituents is 2. The van der Waals surface area contributed by atoms with Gasteiger partial charge in [-0.05, 0) is 32.9 Å². The molecule has 0 saturated carbocycles. The third-order valence-corrected chi connectivity index (χ3v) is 6.14. The zero-order chi connectivity index (χ0) is 20.9. The molecule has 29 heavy (non-hydrogen) atoms. The van der Waals surface area contributed by atoms with Crippen LogP contribution in [0.25, 0.3) is 28.0 Å². The van der Waals surface area contributed by atoms with Crippen molar-refractivity contribution >= 4 is 28.0 Å². The number of aromatic hydroxyl groups is 2. The Balaban J connectivity index is 1.89. The van der Waals surface area contributed by atoms with E-state index < -0.39 is 16.4 Å². The average Bonchev–Trinajstić information content (AvgIpc) is 2.85. The van der Waals surface area contributed by atoms with E-state index in [1.807, 2.05) is 46.8 Å². The fourth-order valence-corrected chi connectivity index (χ4v) is 4.17. The van der Waals surface area contributed by atoms with Crippen LogP contribution in [0.4, 0.5) is 0 Å². The number of hydrogen-bond acceptors (Lipinski definition) is 6. The molecule has 2 N–H and O–H groups in total. The molecule has 3 heterocycles.